The standard InChI is InChI=1S/C30H29N3O4/c1-22(36-27-12-5-3-6-13-27)29(34)32-24-16-18-26(19-17-24)33(21-25-11-9-10-20-31-25)30(35)23(2)37-28-14-7-4-8-15-28/h3-20,22-23H,21H2,1-2H3,(H,32,34)/t22-,23-/m0/s1. The minimum atomic E-state index is -0.721. The topological polar surface area (TPSA) is 80.8 Å². The Morgan fingerprint density at radius 1 is 0.757 bits per heavy atom. The predicted molar refractivity (Wildman–Crippen MR) is 144 cm³/mol. The molecule has 0 aliphatic heterocycles. The number of rotatable bonds is 10. The second-order valence-electron chi connectivity index (χ2n) is 8.43. The summed E-state index contributed by atoms with van der Waals surface area (Å²) in [5.74, 6) is 0.751. The largest absolute Gasteiger partial charge is 0.481 e. The van der Waals surface area contributed by atoms with Gasteiger partial charge in [0.1, 0.15) is 11.5 Å². The number of anilines is 2. The highest BCUT2D eigenvalue weighted by Gasteiger charge is 2.24. The molecule has 1 aromatic heterocycles. The van der Waals surface area contributed by atoms with Crippen molar-refractivity contribution in [1.82, 2.24) is 4.98 Å². The first-order valence-corrected chi connectivity index (χ1v) is 12.1. The molecule has 37 heavy (non-hydrogen) atoms. The van der Waals surface area contributed by atoms with Gasteiger partial charge in [-0.05, 0) is 74.5 Å². The molecule has 0 aliphatic rings. The lowest BCUT2D eigenvalue weighted by Crippen LogP contribution is -2.40. The Morgan fingerprint density at radius 3 is 1.89 bits per heavy atom. The molecule has 0 saturated carbocycles. The second-order valence-corrected chi connectivity index (χ2v) is 8.43. The summed E-state index contributed by atoms with van der Waals surface area (Å²) in [6.45, 7) is 3.69. The van der Waals surface area contributed by atoms with Crippen molar-refractivity contribution in [1.29, 1.82) is 0 Å². The van der Waals surface area contributed by atoms with Crippen molar-refractivity contribution in [2.24, 2.45) is 0 Å². The number of benzene rings is 3. The number of amides is 2. The van der Waals surface area contributed by atoms with Crippen LogP contribution in [0.1, 0.15) is 19.5 Å². The van der Waals surface area contributed by atoms with E-state index in [0.717, 1.165) is 5.69 Å². The summed E-state index contributed by atoms with van der Waals surface area (Å²) in [4.78, 5) is 32.1. The van der Waals surface area contributed by atoms with Crippen LogP contribution in [0.2, 0.25) is 0 Å². The molecule has 7 heteroatoms. The van der Waals surface area contributed by atoms with Gasteiger partial charge >= 0.3 is 0 Å². The average molecular weight is 496 g/mol. The molecule has 0 aliphatic carbocycles. The zero-order valence-electron chi connectivity index (χ0n) is 20.8. The van der Waals surface area contributed by atoms with Gasteiger partial charge in [0, 0.05) is 17.6 Å². The number of carbonyl (C=O) groups is 2. The Labute approximate surface area is 216 Å². The number of carbonyl (C=O) groups excluding carboxylic acids is 2. The van der Waals surface area contributed by atoms with Crippen LogP contribution in [0.3, 0.4) is 0 Å². The van der Waals surface area contributed by atoms with E-state index in [2.05, 4.69) is 10.3 Å². The lowest BCUT2D eigenvalue weighted by Gasteiger charge is -2.26. The average Bonchev–Trinajstić information content (AvgIpc) is 2.93. The first-order chi connectivity index (χ1) is 18.0. The fourth-order valence-corrected chi connectivity index (χ4v) is 3.65. The monoisotopic (exact) mass is 495 g/mol. The Bertz CT molecular complexity index is 1280. The molecule has 0 bridgehead atoms. The van der Waals surface area contributed by atoms with Gasteiger partial charge in [-0.1, -0.05) is 42.5 Å². The molecule has 0 unspecified atom stereocenters. The van der Waals surface area contributed by atoms with Crippen molar-refractivity contribution in [2.75, 3.05) is 10.2 Å². The van der Waals surface area contributed by atoms with E-state index in [4.69, 9.17) is 9.47 Å². The molecular formula is C30H29N3O4. The first kappa shape index (κ1) is 25.4. The van der Waals surface area contributed by atoms with Crippen LogP contribution in [0.15, 0.2) is 109 Å². The van der Waals surface area contributed by atoms with Crippen LogP contribution in [-0.4, -0.2) is 29.0 Å². The van der Waals surface area contributed by atoms with Crippen LogP contribution in [0.5, 0.6) is 11.5 Å². The molecule has 4 rings (SSSR count). The first-order valence-electron chi connectivity index (χ1n) is 12.1. The molecule has 2 atom stereocenters. The summed E-state index contributed by atoms with van der Waals surface area (Å²) in [5, 5.41) is 2.86. The number of hydrogen-bond donors (Lipinski definition) is 1. The van der Waals surface area contributed by atoms with E-state index in [1.165, 1.54) is 0 Å². The van der Waals surface area contributed by atoms with Crippen LogP contribution in [0, 0.1) is 0 Å². The van der Waals surface area contributed by atoms with Crippen molar-refractivity contribution >= 4 is 23.2 Å². The number of aromatic nitrogens is 1. The molecule has 188 valence electrons. The molecule has 0 radical (unpaired) electrons. The number of ether oxygens (including phenoxy) is 2. The Hall–Kier alpha value is -4.65. The summed E-state index contributed by atoms with van der Waals surface area (Å²) in [6.07, 6.45) is 0.293. The summed E-state index contributed by atoms with van der Waals surface area (Å²) in [6, 6.07) is 31.1. The third kappa shape index (κ3) is 7.18. The molecule has 2 amide bonds. The van der Waals surface area contributed by atoms with E-state index in [1.54, 1.807) is 61.3 Å². The van der Waals surface area contributed by atoms with E-state index < -0.39 is 12.2 Å². The number of nitrogens with one attached hydrogen (secondary N) is 1. The quantitative estimate of drug-likeness (QED) is 0.315. The summed E-state index contributed by atoms with van der Waals surface area (Å²) < 4.78 is 11.6. The highest BCUT2D eigenvalue weighted by molar-refractivity contribution is 5.97. The summed E-state index contributed by atoms with van der Waals surface area (Å²) >= 11 is 0. The lowest BCUT2D eigenvalue weighted by molar-refractivity contribution is -0.124. The van der Waals surface area contributed by atoms with Crippen molar-refractivity contribution in [3.8, 4) is 11.5 Å². The SMILES string of the molecule is C[C@H](Oc1ccccc1)C(=O)Nc1ccc(N(Cc2ccccn2)C(=O)[C@H](C)Oc2ccccc2)cc1. The second kappa shape index (κ2) is 12.4. The van der Waals surface area contributed by atoms with Gasteiger partial charge in [0.05, 0.1) is 12.2 Å². The van der Waals surface area contributed by atoms with Gasteiger partial charge in [0.2, 0.25) is 0 Å². The van der Waals surface area contributed by atoms with E-state index in [1.807, 2.05) is 66.7 Å². The highest BCUT2D eigenvalue weighted by Crippen LogP contribution is 2.23. The zero-order valence-corrected chi connectivity index (χ0v) is 20.8. The molecule has 0 fully saturated rings. The zero-order chi connectivity index (χ0) is 26.0. The van der Waals surface area contributed by atoms with Crippen LogP contribution in [-0.2, 0) is 16.1 Å². The van der Waals surface area contributed by atoms with Crippen molar-refractivity contribution in [3.63, 3.8) is 0 Å². The van der Waals surface area contributed by atoms with Gasteiger partial charge in [-0.3, -0.25) is 14.6 Å². The van der Waals surface area contributed by atoms with Gasteiger partial charge in [0.25, 0.3) is 11.8 Å². The van der Waals surface area contributed by atoms with Crippen molar-refractivity contribution in [2.45, 2.75) is 32.6 Å². The molecule has 3 aromatic carbocycles. The fourth-order valence-electron chi connectivity index (χ4n) is 3.65. The molecule has 4 aromatic rings. The summed E-state index contributed by atoms with van der Waals surface area (Å²) in [7, 11) is 0. The molecule has 0 spiro atoms. The van der Waals surface area contributed by atoms with E-state index in [9.17, 15) is 9.59 Å². The molecule has 7 nitrogen and oxygen atoms in total. The van der Waals surface area contributed by atoms with Gasteiger partial charge in [-0.15, -0.1) is 0 Å². The van der Waals surface area contributed by atoms with Crippen LogP contribution < -0.4 is 19.7 Å². The summed E-state index contributed by atoms with van der Waals surface area (Å²) in [5.41, 5.74) is 1.99. The van der Waals surface area contributed by atoms with E-state index >= 15 is 0 Å². The normalized spacial score (nSPS) is 12.2. The highest BCUT2D eigenvalue weighted by atomic mass is 16.5. The molecule has 1 heterocycles. The van der Waals surface area contributed by atoms with Crippen molar-refractivity contribution in [3.05, 3.63) is 115 Å². The molecular weight excluding hydrogens is 466 g/mol. The maximum absolute atomic E-state index is 13.5. The Morgan fingerprint density at radius 2 is 1.32 bits per heavy atom. The van der Waals surface area contributed by atoms with Crippen molar-refractivity contribution < 1.29 is 19.1 Å². The minimum absolute atomic E-state index is 0.212. The number of para-hydroxylation sites is 2. The van der Waals surface area contributed by atoms with Crippen LogP contribution in [0.25, 0.3) is 0 Å². The van der Waals surface area contributed by atoms with Gasteiger partial charge in [0.15, 0.2) is 12.2 Å². The molecule has 1 N–H and O–H groups in total. The van der Waals surface area contributed by atoms with Crippen LogP contribution >= 0.6 is 0 Å². The lowest BCUT2D eigenvalue weighted by atomic mass is 10.2. The Kier molecular flexibility index (Phi) is 8.49. The number of pyridine rings is 1. The predicted octanol–water partition coefficient (Wildman–Crippen LogP) is 5.49. The third-order valence-corrected chi connectivity index (χ3v) is 5.59. The third-order valence-electron chi connectivity index (χ3n) is 5.59. The van der Waals surface area contributed by atoms with Crippen LogP contribution in [0.4, 0.5) is 11.4 Å². The van der Waals surface area contributed by atoms with Gasteiger partial charge < -0.3 is 19.7 Å². The smallest absolute Gasteiger partial charge is 0.268 e. The molecule has 0 saturated heterocycles. The van der Waals surface area contributed by atoms with Gasteiger partial charge in [-0.2, -0.15) is 0 Å². The fraction of sp³-hybridized carbons (Fsp3) is 0.167. The maximum Gasteiger partial charge on any atom is 0.268 e. The van der Waals surface area contributed by atoms with Gasteiger partial charge in [-0.25, -0.2) is 0 Å². The van der Waals surface area contributed by atoms with E-state index in [0.29, 0.717) is 22.9 Å². The Balaban J connectivity index is 1.47. The number of nitrogens with zero attached hydrogens (tertiary/aromatic N) is 2. The maximum atomic E-state index is 13.5. The number of hydrogen-bond acceptors (Lipinski definition) is 5. The van der Waals surface area contributed by atoms with E-state index in [-0.39, 0.29) is 18.4 Å². The minimum Gasteiger partial charge on any atom is -0.481 e.